The first-order valence-electron chi connectivity index (χ1n) is 16.9. The molecule has 0 unspecified atom stereocenters. The Morgan fingerprint density at radius 1 is 0.896 bits per heavy atom. The first-order valence-corrected chi connectivity index (χ1v) is 16.9. The average molecular weight is 654 g/mol. The molecule has 252 valence electrons. The highest BCUT2D eigenvalue weighted by molar-refractivity contribution is 5.84. The van der Waals surface area contributed by atoms with Gasteiger partial charge in [-0.15, -0.1) is 10.2 Å². The molecule has 5 heterocycles. The Hall–Kier alpha value is -4.50. The Morgan fingerprint density at radius 3 is 2.33 bits per heavy atom. The molecular formula is C34H43N11O3. The zero-order valence-electron chi connectivity index (χ0n) is 27.1. The molecule has 48 heavy (non-hydrogen) atoms. The summed E-state index contributed by atoms with van der Waals surface area (Å²) in [6.45, 7) is 6.92. The number of aryl methyl sites for hydroxylation is 1. The molecule has 2 aromatic carbocycles. The summed E-state index contributed by atoms with van der Waals surface area (Å²) in [6.07, 6.45) is 1.62. The summed E-state index contributed by atoms with van der Waals surface area (Å²) in [6, 6.07) is 20.8. The second-order valence-electron chi connectivity index (χ2n) is 12.5. The molecular weight excluding hydrogens is 610 g/mol. The number of ether oxygens (including phenoxy) is 1. The van der Waals surface area contributed by atoms with Crippen molar-refractivity contribution in [1.82, 2.24) is 44.6 Å². The van der Waals surface area contributed by atoms with Crippen LogP contribution in [0.2, 0.25) is 0 Å². The molecule has 0 spiro atoms. The smallest absolute Gasteiger partial charge is 0.226 e. The van der Waals surface area contributed by atoms with Gasteiger partial charge in [-0.1, -0.05) is 74.0 Å². The molecule has 0 bridgehead atoms. The lowest BCUT2D eigenvalue weighted by Crippen LogP contribution is -2.34. The van der Waals surface area contributed by atoms with E-state index in [9.17, 15) is 10.2 Å². The molecule has 0 radical (unpaired) electrons. The second kappa shape index (κ2) is 14.7. The molecule has 3 aromatic heterocycles. The number of tetrazole rings is 1. The van der Waals surface area contributed by atoms with Crippen molar-refractivity contribution < 1.29 is 14.9 Å². The van der Waals surface area contributed by atoms with E-state index < -0.39 is 24.5 Å². The molecule has 14 heteroatoms. The Bertz CT molecular complexity index is 1720. The van der Waals surface area contributed by atoms with Gasteiger partial charge in [0.15, 0.2) is 29.3 Å². The van der Waals surface area contributed by atoms with Gasteiger partial charge >= 0.3 is 0 Å². The third-order valence-corrected chi connectivity index (χ3v) is 9.12. The van der Waals surface area contributed by atoms with Gasteiger partial charge in [0.1, 0.15) is 12.2 Å². The van der Waals surface area contributed by atoms with Gasteiger partial charge in [-0.2, -0.15) is 14.8 Å². The van der Waals surface area contributed by atoms with Crippen LogP contribution in [0.1, 0.15) is 67.8 Å². The van der Waals surface area contributed by atoms with Gasteiger partial charge < -0.3 is 30.5 Å². The summed E-state index contributed by atoms with van der Waals surface area (Å²) in [5.41, 5.74) is 3.35. The molecule has 4 N–H and O–H groups in total. The standard InChI is InChI=1S/C34H43N11O3/c1-2-17-45-41-31(40-42-45)29-27(46)28(47)33(48-29)44-22-37-26-30(38-34(39-32(26)44)35-16-20-43-18-10-5-11-19-43)36-21-25(23-12-6-3-7-13-23)24-14-8-4-9-15-24/h3-4,6-9,12-15,22,25,27-29,33,46-47H,2,5,10-11,16-21H2,1H3,(H2,35,36,38,39)/t27-,28+,29-,33+/m0/s1. The van der Waals surface area contributed by atoms with Crippen LogP contribution in [0.25, 0.3) is 11.2 Å². The van der Waals surface area contributed by atoms with E-state index in [0.717, 1.165) is 26.1 Å². The van der Waals surface area contributed by atoms with Crippen LogP contribution in [0, 0.1) is 0 Å². The summed E-state index contributed by atoms with van der Waals surface area (Å²) in [4.78, 5) is 18.3. The fourth-order valence-corrected chi connectivity index (χ4v) is 6.58. The molecule has 2 aliphatic heterocycles. The number of nitrogens with zero attached hydrogens (tertiary/aromatic N) is 9. The molecule has 0 aliphatic carbocycles. The first kappa shape index (κ1) is 32.1. The van der Waals surface area contributed by atoms with Crippen molar-refractivity contribution in [3.8, 4) is 0 Å². The zero-order valence-corrected chi connectivity index (χ0v) is 27.1. The van der Waals surface area contributed by atoms with E-state index in [4.69, 9.17) is 14.7 Å². The maximum absolute atomic E-state index is 11.2. The summed E-state index contributed by atoms with van der Waals surface area (Å²) in [5.74, 6) is 1.27. The molecule has 2 aliphatic rings. The quantitative estimate of drug-likeness (QED) is 0.147. The monoisotopic (exact) mass is 653 g/mol. The molecule has 7 rings (SSSR count). The summed E-state index contributed by atoms with van der Waals surface area (Å²) < 4.78 is 7.85. The molecule has 14 nitrogen and oxygen atoms in total. The highest BCUT2D eigenvalue weighted by atomic mass is 16.6. The van der Waals surface area contributed by atoms with Gasteiger partial charge in [-0.3, -0.25) is 4.57 Å². The van der Waals surface area contributed by atoms with Crippen molar-refractivity contribution in [3.63, 3.8) is 0 Å². The van der Waals surface area contributed by atoms with Crippen molar-refractivity contribution in [2.24, 2.45) is 0 Å². The number of fused-ring (bicyclic) bond motifs is 1. The molecule has 5 aromatic rings. The first-order chi connectivity index (χ1) is 23.6. The number of nitrogens with one attached hydrogen (secondary N) is 2. The third kappa shape index (κ3) is 6.88. The number of hydrogen-bond acceptors (Lipinski definition) is 12. The molecule has 2 saturated heterocycles. The van der Waals surface area contributed by atoms with E-state index in [-0.39, 0.29) is 11.7 Å². The normalized spacial score (nSPS) is 21.7. The highest BCUT2D eigenvalue weighted by Gasteiger charge is 2.47. The lowest BCUT2D eigenvalue weighted by molar-refractivity contribution is -0.0384. The highest BCUT2D eigenvalue weighted by Crippen LogP contribution is 2.39. The fourth-order valence-electron chi connectivity index (χ4n) is 6.58. The van der Waals surface area contributed by atoms with Crippen molar-refractivity contribution in [3.05, 3.63) is 83.9 Å². The van der Waals surface area contributed by atoms with Crippen molar-refractivity contribution in [2.45, 2.75) is 69.6 Å². The van der Waals surface area contributed by atoms with Gasteiger partial charge in [-0.25, -0.2) is 4.98 Å². The Balaban J connectivity index is 1.19. The van der Waals surface area contributed by atoms with E-state index in [1.54, 1.807) is 10.9 Å². The van der Waals surface area contributed by atoms with Crippen LogP contribution in [0.15, 0.2) is 67.0 Å². The predicted molar refractivity (Wildman–Crippen MR) is 180 cm³/mol. The van der Waals surface area contributed by atoms with Crippen LogP contribution < -0.4 is 10.6 Å². The minimum Gasteiger partial charge on any atom is -0.387 e. The number of benzene rings is 2. The zero-order chi connectivity index (χ0) is 32.9. The van der Waals surface area contributed by atoms with E-state index >= 15 is 0 Å². The van der Waals surface area contributed by atoms with Crippen LogP contribution in [-0.2, 0) is 11.3 Å². The number of piperidine rings is 1. The van der Waals surface area contributed by atoms with Crippen LogP contribution >= 0.6 is 0 Å². The SMILES string of the molecule is CCCn1nnc([C@H]2O[C@@H](n3cnc4c(NCC(c5ccccc5)c5ccccc5)nc(NCCN5CCCCC5)nc43)[C@H](O)[C@@H]2O)n1. The van der Waals surface area contributed by atoms with Gasteiger partial charge in [0.05, 0.1) is 12.9 Å². The maximum atomic E-state index is 11.2. The number of hydrogen-bond donors (Lipinski definition) is 4. The van der Waals surface area contributed by atoms with E-state index in [2.05, 4.69) is 84.5 Å². The minimum atomic E-state index is -1.28. The number of likely N-dealkylation sites (tertiary alicyclic amines) is 1. The lowest BCUT2D eigenvalue weighted by atomic mass is 9.91. The maximum Gasteiger partial charge on any atom is 0.226 e. The number of imidazole rings is 1. The number of aliphatic hydroxyl groups is 2. The summed E-state index contributed by atoms with van der Waals surface area (Å²) in [7, 11) is 0. The fraction of sp³-hybridized carbons (Fsp3) is 0.471. The molecule has 0 amide bonds. The molecule has 0 saturated carbocycles. The number of aliphatic hydroxyl groups excluding tert-OH is 2. The second-order valence-corrected chi connectivity index (χ2v) is 12.5. The van der Waals surface area contributed by atoms with Crippen LogP contribution in [-0.4, -0.2) is 99.8 Å². The van der Waals surface area contributed by atoms with Crippen molar-refractivity contribution in [2.75, 3.05) is 43.4 Å². The number of rotatable bonds is 13. The van der Waals surface area contributed by atoms with Crippen molar-refractivity contribution in [1.29, 1.82) is 0 Å². The van der Waals surface area contributed by atoms with Gasteiger partial charge in [0.2, 0.25) is 11.8 Å². The van der Waals surface area contributed by atoms with Crippen LogP contribution in [0.4, 0.5) is 11.8 Å². The Morgan fingerprint density at radius 2 is 1.62 bits per heavy atom. The number of aromatic nitrogens is 8. The van der Waals surface area contributed by atoms with Gasteiger partial charge in [-0.05, 0) is 48.7 Å². The largest absolute Gasteiger partial charge is 0.387 e. The molecule has 4 atom stereocenters. The van der Waals surface area contributed by atoms with Gasteiger partial charge in [0.25, 0.3) is 0 Å². The summed E-state index contributed by atoms with van der Waals surface area (Å²) >= 11 is 0. The summed E-state index contributed by atoms with van der Waals surface area (Å²) in [5, 5.41) is 41.7. The van der Waals surface area contributed by atoms with E-state index in [1.165, 1.54) is 35.2 Å². The van der Waals surface area contributed by atoms with Crippen LogP contribution in [0.3, 0.4) is 0 Å². The van der Waals surface area contributed by atoms with E-state index in [0.29, 0.717) is 42.6 Å². The molecule has 2 fully saturated rings. The Kier molecular flexibility index (Phi) is 9.84. The number of anilines is 2. The van der Waals surface area contributed by atoms with Gasteiger partial charge in [0, 0.05) is 25.6 Å². The third-order valence-electron chi connectivity index (χ3n) is 9.12. The minimum absolute atomic E-state index is 0.0551. The van der Waals surface area contributed by atoms with Crippen molar-refractivity contribution >= 4 is 22.9 Å². The average Bonchev–Trinajstić information content (AvgIpc) is 3.84. The topological polar surface area (TPSA) is 164 Å². The lowest BCUT2D eigenvalue weighted by Gasteiger charge is -2.26. The van der Waals surface area contributed by atoms with Crippen LogP contribution in [0.5, 0.6) is 0 Å². The predicted octanol–water partition coefficient (Wildman–Crippen LogP) is 3.36. The van der Waals surface area contributed by atoms with E-state index in [1.807, 2.05) is 19.1 Å². The Labute approximate surface area is 279 Å².